The van der Waals surface area contributed by atoms with Crippen molar-refractivity contribution in [3.63, 3.8) is 0 Å². The van der Waals surface area contributed by atoms with Crippen molar-refractivity contribution in [1.29, 1.82) is 0 Å². The first-order chi connectivity index (χ1) is 11.7. The molecule has 5 heteroatoms. The zero-order valence-electron chi connectivity index (χ0n) is 14.3. The molecule has 1 aliphatic heterocycles. The van der Waals surface area contributed by atoms with Crippen molar-refractivity contribution in [2.45, 2.75) is 27.4 Å². The molecule has 0 atom stereocenters. The van der Waals surface area contributed by atoms with Crippen molar-refractivity contribution in [3.8, 4) is 16.9 Å². The standard InChI is InChI=1S/C19H22N2O3/c1-4-21(5-2)13-7-8-14(17(11-13)23-6-3)15-9-10-20-16-12-24-19(22)18(15)16/h7-11H,4-6,12H2,1-3H3. The van der Waals surface area contributed by atoms with Crippen LogP contribution in [-0.4, -0.2) is 30.6 Å². The first-order valence-corrected chi connectivity index (χ1v) is 8.36. The molecule has 0 radical (unpaired) electrons. The van der Waals surface area contributed by atoms with Crippen LogP contribution < -0.4 is 9.64 Å². The monoisotopic (exact) mass is 326 g/mol. The number of fused-ring (bicyclic) bond motifs is 1. The molecule has 1 aromatic heterocycles. The molecule has 0 spiro atoms. The molecule has 0 unspecified atom stereocenters. The molecule has 0 N–H and O–H groups in total. The van der Waals surface area contributed by atoms with Crippen LogP contribution in [0.4, 0.5) is 5.69 Å². The Bertz CT molecular complexity index is 754. The summed E-state index contributed by atoms with van der Waals surface area (Å²) in [5.74, 6) is 0.457. The predicted molar refractivity (Wildman–Crippen MR) is 93.5 cm³/mol. The van der Waals surface area contributed by atoms with Gasteiger partial charge in [0.25, 0.3) is 0 Å². The highest BCUT2D eigenvalue weighted by atomic mass is 16.5. The van der Waals surface area contributed by atoms with Crippen LogP contribution in [0.1, 0.15) is 36.8 Å². The number of anilines is 1. The van der Waals surface area contributed by atoms with E-state index in [2.05, 4.69) is 29.8 Å². The minimum Gasteiger partial charge on any atom is -0.493 e. The van der Waals surface area contributed by atoms with Gasteiger partial charge in [-0.2, -0.15) is 0 Å². The molecule has 0 saturated heterocycles. The van der Waals surface area contributed by atoms with Gasteiger partial charge >= 0.3 is 5.97 Å². The fourth-order valence-corrected chi connectivity index (χ4v) is 3.07. The maximum Gasteiger partial charge on any atom is 0.341 e. The van der Waals surface area contributed by atoms with Crippen LogP contribution in [0.15, 0.2) is 30.5 Å². The third-order valence-corrected chi connectivity index (χ3v) is 4.26. The van der Waals surface area contributed by atoms with Gasteiger partial charge in [0.15, 0.2) is 0 Å². The molecule has 2 aromatic rings. The minimum absolute atomic E-state index is 0.240. The molecule has 5 nitrogen and oxygen atoms in total. The van der Waals surface area contributed by atoms with Crippen molar-refractivity contribution >= 4 is 11.7 Å². The molecule has 24 heavy (non-hydrogen) atoms. The van der Waals surface area contributed by atoms with Gasteiger partial charge in [0.1, 0.15) is 12.4 Å². The number of aromatic nitrogens is 1. The van der Waals surface area contributed by atoms with Crippen LogP contribution in [0.2, 0.25) is 0 Å². The van der Waals surface area contributed by atoms with E-state index in [1.54, 1.807) is 6.20 Å². The van der Waals surface area contributed by atoms with Gasteiger partial charge < -0.3 is 14.4 Å². The van der Waals surface area contributed by atoms with Crippen molar-refractivity contribution in [1.82, 2.24) is 4.98 Å². The quantitative estimate of drug-likeness (QED) is 0.758. The number of esters is 1. The summed E-state index contributed by atoms with van der Waals surface area (Å²) < 4.78 is 11.0. The topological polar surface area (TPSA) is 51.7 Å². The normalized spacial score (nSPS) is 12.7. The molecule has 3 rings (SSSR count). The number of ether oxygens (including phenoxy) is 2. The SMILES string of the molecule is CCOc1cc(N(CC)CC)ccc1-c1ccnc2c1C(=O)OC2. The fourth-order valence-electron chi connectivity index (χ4n) is 3.07. The highest BCUT2D eigenvalue weighted by Gasteiger charge is 2.27. The molecule has 1 aliphatic rings. The van der Waals surface area contributed by atoms with Crippen molar-refractivity contribution < 1.29 is 14.3 Å². The lowest BCUT2D eigenvalue weighted by molar-refractivity contribution is 0.0534. The van der Waals surface area contributed by atoms with Crippen LogP contribution in [0.3, 0.4) is 0 Å². The van der Waals surface area contributed by atoms with E-state index in [1.807, 2.05) is 25.1 Å². The summed E-state index contributed by atoms with van der Waals surface area (Å²) >= 11 is 0. The third-order valence-electron chi connectivity index (χ3n) is 4.26. The van der Waals surface area contributed by atoms with Gasteiger partial charge in [-0.25, -0.2) is 4.79 Å². The van der Waals surface area contributed by atoms with E-state index in [9.17, 15) is 4.79 Å². The molecule has 126 valence electrons. The number of nitrogens with zero attached hydrogens (tertiary/aromatic N) is 2. The lowest BCUT2D eigenvalue weighted by atomic mass is 9.98. The van der Waals surface area contributed by atoms with Crippen molar-refractivity contribution in [3.05, 3.63) is 41.7 Å². The van der Waals surface area contributed by atoms with Gasteiger partial charge in [0.2, 0.25) is 0 Å². The second-order valence-electron chi connectivity index (χ2n) is 5.54. The summed E-state index contributed by atoms with van der Waals surface area (Å²) in [6.45, 7) is 8.87. The van der Waals surface area contributed by atoms with Crippen LogP contribution in [0.5, 0.6) is 5.75 Å². The van der Waals surface area contributed by atoms with Gasteiger partial charge in [0.05, 0.1) is 17.9 Å². The van der Waals surface area contributed by atoms with Gasteiger partial charge in [-0.15, -0.1) is 0 Å². The number of cyclic esters (lactones) is 1. The Morgan fingerprint density at radius 3 is 2.67 bits per heavy atom. The highest BCUT2D eigenvalue weighted by molar-refractivity contribution is 6.01. The maximum atomic E-state index is 12.1. The fraction of sp³-hybridized carbons (Fsp3) is 0.368. The maximum absolute atomic E-state index is 12.1. The molecule has 1 aromatic carbocycles. The van der Waals surface area contributed by atoms with E-state index < -0.39 is 0 Å². The first-order valence-electron chi connectivity index (χ1n) is 8.36. The van der Waals surface area contributed by atoms with E-state index in [0.29, 0.717) is 17.9 Å². The average Bonchev–Trinajstić information content (AvgIpc) is 2.98. The number of pyridine rings is 1. The van der Waals surface area contributed by atoms with Gasteiger partial charge in [-0.3, -0.25) is 4.98 Å². The number of rotatable bonds is 6. The summed E-state index contributed by atoms with van der Waals surface area (Å²) in [4.78, 5) is 18.6. The van der Waals surface area contributed by atoms with Crippen LogP contribution in [-0.2, 0) is 11.3 Å². The highest BCUT2D eigenvalue weighted by Crippen LogP contribution is 2.38. The van der Waals surface area contributed by atoms with E-state index in [4.69, 9.17) is 9.47 Å². The smallest absolute Gasteiger partial charge is 0.341 e. The van der Waals surface area contributed by atoms with E-state index >= 15 is 0 Å². The molecule has 0 aliphatic carbocycles. The zero-order valence-corrected chi connectivity index (χ0v) is 14.3. The van der Waals surface area contributed by atoms with Crippen molar-refractivity contribution in [2.24, 2.45) is 0 Å². The Balaban J connectivity index is 2.12. The van der Waals surface area contributed by atoms with Crippen LogP contribution >= 0.6 is 0 Å². The number of hydrogen-bond acceptors (Lipinski definition) is 5. The molecule has 0 bridgehead atoms. The van der Waals surface area contributed by atoms with Gasteiger partial charge in [-0.05, 0) is 39.0 Å². The second-order valence-corrected chi connectivity index (χ2v) is 5.54. The summed E-state index contributed by atoms with van der Waals surface area (Å²) in [6.07, 6.45) is 1.71. The minimum atomic E-state index is -0.316. The second kappa shape index (κ2) is 6.91. The summed E-state index contributed by atoms with van der Waals surface area (Å²) in [5, 5.41) is 0. The van der Waals surface area contributed by atoms with Crippen molar-refractivity contribution in [2.75, 3.05) is 24.6 Å². The predicted octanol–water partition coefficient (Wildman–Crippen LogP) is 3.66. The molecule has 0 amide bonds. The van der Waals surface area contributed by atoms with Gasteiger partial charge in [-0.1, -0.05) is 0 Å². The Morgan fingerprint density at radius 1 is 1.17 bits per heavy atom. The molecule has 2 heterocycles. The number of carbonyl (C=O) groups excluding carboxylic acids is 1. The largest absolute Gasteiger partial charge is 0.493 e. The zero-order chi connectivity index (χ0) is 17.1. The molecular formula is C19H22N2O3. The Morgan fingerprint density at radius 2 is 1.96 bits per heavy atom. The summed E-state index contributed by atoms with van der Waals surface area (Å²) in [7, 11) is 0. The third kappa shape index (κ3) is 2.82. The number of benzene rings is 1. The molecule has 0 fully saturated rings. The van der Waals surface area contributed by atoms with Crippen LogP contribution in [0, 0.1) is 0 Å². The Hall–Kier alpha value is -2.56. The van der Waals surface area contributed by atoms with Crippen LogP contribution in [0.25, 0.3) is 11.1 Å². The lowest BCUT2D eigenvalue weighted by Crippen LogP contribution is -2.21. The Labute approximate surface area is 142 Å². The number of carbonyl (C=O) groups is 1. The summed E-state index contributed by atoms with van der Waals surface area (Å²) in [6, 6.07) is 7.97. The van der Waals surface area contributed by atoms with Gasteiger partial charge in [0, 0.05) is 42.2 Å². The molecule has 0 saturated carbocycles. The average molecular weight is 326 g/mol. The lowest BCUT2D eigenvalue weighted by Gasteiger charge is -2.23. The summed E-state index contributed by atoms with van der Waals surface area (Å²) in [5.41, 5.74) is 4.06. The number of hydrogen-bond donors (Lipinski definition) is 0. The molecular weight excluding hydrogens is 304 g/mol. The van der Waals surface area contributed by atoms with E-state index in [-0.39, 0.29) is 12.6 Å². The Kier molecular flexibility index (Phi) is 4.69. The van der Waals surface area contributed by atoms with E-state index in [0.717, 1.165) is 35.7 Å². The van der Waals surface area contributed by atoms with E-state index in [1.165, 1.54) is 0 Å². The first kappa shape index (κ1) is 16.3.